The number of hydrogen-bond acceptors (Lipinski definition) is 1. The number of halogens is 1. The monoisotopic (exact) mass is 247 g/mol. The van der Waals surface area contributed by atoms with Crippen LogP contribution in [0.5, 0.6) is 0 Å². The Labute approximate surface area is 108 Å². The van der Waals surface area contributed by atoms with Crippen LogP contribution in [0.2, 0.25) is 5.02 Å². The van der Waals surface area contributed by atoms with Crippen LogP contribution in [0.25, 0.3) is 0 Å². The van der Waals surface area contributed by atoms with Gasteiger partial charge in [0.2, 0.25) is 0 Å². The van der Waals surface area contributed by atoms with E-state index < -0.39 is 0 Å². The zero-order valence-corrected chi connectivity index (χ0v) is 10.9. The van der Waals surface area contributed by atoms with Crippen molar-refractivity contribution in [1.82, 2.24) is 0 Å². The minimum atomic E-state index is 0.794. The first kappa shape index (κ1) is 11.2. The van der Waals surface area contributed by atoms with E-state index in [2.05, 4.69) is 36.5 Å². The summed E-state index contributed by atoms with van der Waals surface area (Å²) < 4.78 is 0. The Morgan fingerprint density at radius 2 is 2.18 bits per heavy atom. The lowest BCUT2D eigenvalue weighted by Gasteiger charge is -2.19. The summed E-state index contributed by atoms with van der Waals surface area (Å²) in [6.45, 7) is 3.12. The van der Waals surface area contributed by atoms with Crippen molar-refractivity contribution < 1.29 is 0 Å². The summed E-state index contributed by atoms with van der Waals surface area (Å²) >= 11 is 6.22. The highest BCUT2D eigenvalue weighted by atomic mass is 35.5. The number of aryl methyl sites for hydroxylation is 1. The number of nitrogens with one attached hydrogen (secondary N) is 1. The molecular formula is C15H18ClN. The maximum atomic E-state index is 6.22. The number of allylic oxidation sites excluding steroid dienone is 2. The van der Waals surface area contributed by atoms with Gasteiger partial charge in [-0.1, -0.05) is 29.8 Å². The molecule has 1 fully saturated rings. The minimum Gasteiger partial charge on any atom is -0.384 e. The van der Waals surface area contributed by atoms with E-state index in [4.69, 9.17) is 11.6 Å². The van der Waals surface area contributed by atoms with Crippen LogP contribution >= 0.6 is 11.6 Å². The molecule has 2 aliphatic rings. The van der Waals surface area contributed by atoms with Crippen molar-refractivity contribution >= 4 is 17.3 Å². The third kappa shape index (κ3) is 2.21. The molecule has 2 aliphatic carbocycles. The van der Waals surface area contributed by atoms with Gasteiger partial charge in [-0.05, 0) is 55.2 Å². The largest absolute Gasteiger partial charge is 0.384 e. The van der Waals surface area contributed by atoms with Gasteiger partial charge in [0.15, 0.2) is 0 Å². The van der Waals surface area contributed by atoms with Gasteiger partial charge in [-0.15, -0.1) is 0 Å². The standard InChI is InChI=1S/C15H18ClN/c1-10-2-5-15(14(16)6-10)17-9-13-8-11-3-4-12(13)7-11/h2-6,11-13,17H,7-9H2,1H3. The molecule has 1 aromatic carbocycles. The van der Waals surface area contributed by atoms with Crippen molar-refractivity contribution in [3.05, 3.63) is 40.9 Å². The van der Waals surface area contributed by atoms with Crippen molar-refractivity contribution in [2.45, 2.75) is 19.8 Å². The normalized spacial score (nSPS) is 29.9. The van der Waals surface area contributed by atoms with Gasteiger partial charge in [-0.25, -0.2) is 0 Å². The quantitative estimate of drug-likeness (QED) is 0.787. The molecule has 3 atom stereocenters. The van der Waals surface area contributed by atoms with Gasteiger partial charge in [-0.2, -0.15) is 0 Å². The lowest BCUT2D eigenvalue weighted by molar-refractivity contribution is 0.472. The van der Waals surface area contributed by atoms with E-state index in [9.17, 15) is 0 Å². The highest BCUT2D eigenvalue weighted by Crippen LogP contribution is 2.43. The number of hydrogen-bond donors (Lipinski definition) is 1. The number of benzene rings is 1. The third-order valence-electron chi connectivity index (χ3n) is 4.10. The molecule has 1 N–H and O–H groups in total. The lowest BCUT2D eigenvalue weighted by Crippen LogP contribution is -2.18. The average Bonchev–Trinajstić information content (AvgIpc) is 2.89. The Hall–Kier alpha value is -0.950. The van der Waals surface area contributed by atoms with E-state index in [-0.39, 0.29) is 0 Å². The molecular weight excluding hydrogens is 230 g/mol. The van der Waals surface area contributed by atoms with E-state index in [1.54, 1.807) is 0 Å². The van der Waals surface area contributed by atoms with Crippen LogP contribution in [0.3, 0.4) is 0 Å². The molecule has 2 bridgehead atoms. The van der Waals surface area contributed by atoms with Crippen LogP contribution in [0.15, 0.2) is 30.4 Å². The van der Waals surface area contributed by atoms with Crippen LogP contribution in [0.4, 0.5) is 5.69 Å². The molecule has 0 aliphatic heterocycles. The molecule has 2 heteroatoms. The van der Waals surface area contributed by atoms with Gasteiger partial charge in [-0.3, -0.25) is 0 Å². The van der Waals surface area contributed by atoms with Gasteiger partial charge in [0.25, 0.3) is 0 Å². The second-order valence-corrected chi connectivity index (χ2v) is 5.81. The van der Waals surface area contributed by atoms with Crippen LogP contribution in [-0.2, 0) is 0 Å². The molecule has 0 radical (unpaired) electrons. The van der Waals surface area contributed by atoms with E-state index in [1.165, 1.54) is 18.4 Å². The van der Waals surface area contributed by atoms with E-state index in [0.717, 1.165) is 35.0 Å². The van der Waals surface area contributed by atoms with Gasteiger partial charge in [0.1, 0.15) is 0 Å². The summed E-state index contributed by atoms with van der Waals surface area (Å²) in [5, 5.41) is 4.34. The molecule has 3 rings (SSSR count). The zero-order valence-electron chi connectivity index (χ0n) is 10.1. The van der Waals surface area contributed by atoms with Gasteiger partial charge in [0, 0.05) is 6.54 Å². The predicted molar refractivity (Wildman–Crippen MR) is 73.5 cm³/mol. The molecule has 0 saturated heterocycles. The second kappa shape index (κ2) is 4.38. The molecule has 0 spiro atoms. The van der Waals surface area contributed by atoms with Crippen LogP contribution in [0.1, 0.15) is 18.4 Å². The van der Waals surface area contributed by atoms with Crippen LogP contribution < -0.4 is 5.32 Å². The Balaban J connectivity index is 1.62. The summed E-state index contributed by atoms with van der Waals surface area (Å²) in [5.41, 5.74) is 2.28. The van der Waals surface area contributed by atoms with Crippen LogP contribution in [-0.4, -0.2) is 6.54 Å². The SMILES string of the molecule is Cc1ccc(NCC2CC3C=CC2C3)c(Cl)c1. The highest BCUT2D eigenvalue weighted by molar-refractivity contribution is 6.33. The summed E-state index contributed by atoms with van der Waals surface area (Å²) in [4.78, 5) is 0. The molecule has 1 saturated carbocycles. The molecule has 1 aromatic rings. The van der Waals surface area contributed by atoms with Gasteiger partial charge >= 0.3 is 0 Å². The van der Waals surface area contributed by atoms with E-state index >= 15 is 0 Å². The van der Waals surface area contributed by atoms with E-state index in [1.807, 2.05) is 6.07 Å². The summed E-state index contributed by atoms with van der Waals surface area (Å²) in [6.07, 6.45) is 7.50. The van der Waals surface area contributed by atoms with Gasteiger partial charge in [0.05, 0.1) is 10.7 Å². The lowest BCUT2D eigenvalue weighted by atomic mass is 9.93. The fraction of sp³-hybridized carbons (Fsp3) is 0.467. The van der Waals surface area contributed by atoms with Crippen molar-refractivity contribution in [2.24, 2.45) is 17.8 Å². The summed E-state index contributed by atoms with van der Waals surface area (Å²) in [5.74, 6) is 2.44. The fourth-order valence-electron chi connectivity index (χ4n) is 3.13. The zero-order chi connectivity index (χ0) is 11.8. The fourth-order valence-corrected chi connectivity index (χ4v) is 3.44. The topological polar surface area (TPSA) is 12.0 Å². The molecule has 17 heavy (non-hydrogen) atoms. The number of anilines is 1. The highest BCUT2D eigenvalue weighted by Gasteiger charge is 2.35. The summed E-state index contributed by atoms with van der Waals surface area (Å²) in [7, 11) is 0. The Morgan fingerprint density at radius 3 is 2.82 bits per heavy atom. The molecule has 0 aromatic heterocycles. The number of rotatable bonds is 3. The van der Waals surface area contributed by atoms with Crippen molar-refractivity contribution in [3.8, 4) is 0 Å². The average molecular weight is 248 g/mol. The Kier molecular flexibility index (Phi) is 2.87. The first-order valence-electron chi connectivity index (χ1n) is 6.41. The first-order chi connectivity index (χ1) is 8.22. The predicted octanol–water partition coefficient (Wildman–Crippen LogP) is 4.27. The maximum absolute atomic E-state index is 6.22. The van der Waals surface area contributed by atoms with Crippen molar-refractivity contribution in [1.29, 1.82) is 0 Å². The van der Waals surface area contributed by atoms with Crippen molar-refractivity contribution in [3.63, 3.8) is 0 Å². The first-order valence-corrected chi connectivity index (χ1v) is 6.78. The van der Waals surface area contributed by atoms with Crippen LogP contribution in [0, 0.1) is 24.7 Å². The maximum Gasteiger partial charge on any atom is 0.0640 e. The molecule has 0 heterocycles. The Morgan fingerprint density at radius 1 is 1.29 bits per heavy atom. The molecule has 1 nitrogen and oxygen atoms in total. The summed E-state index contributed by atoms with van der Waals surface area (Å²) in [6, 6.07) is 6.21. The molecule has 90 valence electrons. The molecule has 0 amide bonds. The number of fused-ring (bicyclic) bond motifs is 2. The Bertz CT molecular complexity index is 452. The van der Waals surface area contributed by atoms with E-state index in [0.29, 0.717) is 0 Å². The smallest absolute Gasteiger partial charge is 0.0640 e. The third-order valence-corrected chi connectivity index (χ3v) is 4.41. The second-order valence-electron chi connectivity index (χ2n) is 5.40. The van der Waals surface area contributed by atoms with Gasteiger partial charge < -0.3 is 5.32 Å². The minimum absolute atomic E-state index is 0.794. The molecule has 3 unspecified atom stereocenters. The van der Waals surface area contributed by atoms with Crippen molar-refractivity contribution in [2.75, 3.05) is 11.9 Å².